The number of carbonyl (C=O) groups excluding carboxylic acids is 2. The molecule has 0 fully saturated rings. The second-order valence-electron chi connectivity index (χ2n) is 6.80. The Balaban J connectivity index is 1.80. The summed E-state index contributed by atoms with van der Waals surface area (Å²) in [6, 6.07) is 6.57. The van der Waals surface area contributed by atoms with E-state index in [0.717, 1.165) is 12.5 Å². The molecule has 9 heteroatoms. The largest absolute Gasteiger partial charge is 0.416 e. The lowest BCUT2D eigenvalue weighted by Gasteiger charge is -2.28. The maximum atomic E-state index is 13.2. The van der Waals surface area contributed by atoms with Gasteiger partial charge in [0.2, 0.25) is 0 Å². The monoisotopic (exact) mass is 394 g/mol. The highest BCUT2D eigenvalue weighted by Crippen LogP contribution is 2.32. The van der Waals surface area contributed by atoms with E-state index in [9.17, 15) is 22.8 Å². The van der Waals surface area contributed by atoms with Crippen molar-refractivity contribution in [2.45, 2.75) is 45.6 Å². The van der Waals surface area contributed by atoms with Gasteiger partial charge in [-0.1, -0.05) is 25.1 Å². The van der Waals surface area contributed by atoms with Crippen molar-refractivity contribution in [1.82, 2.24) is 20.0 Å². The van der Waals surface area contributed by atoms with Crippen LogP contribution in [0.1, 0.15) is 52.4 Å². The van der Waals surface area contributed by atoms with Gasteiger partial charge in [0, 0.05) is 25.2 Å². The average Bonchev–Trinajstić information content (AvgIpc) is 3.09. The van der Waals surface area contributed by atoms with Crippen molar-refractivity contribution in [2.24, 2.45) is 0 Å². The summed E-state index contributed by atoms with van der Waals surface area (Å²) < 4.78 is 41.0. The van der Waals surface area contributed by atoms with Gasteiger partial charge in [0.1, 0.15) is 5.69 Å². The van der Waals surface area contributed by atoms with E-state index in [1.165, 1.54) is 33.8 Å². The van der Waals surface area contributed by atoms with Crippen LogP contribution in [0, 0.1) is 0 Å². The third kappa shape index (κ3) is 4.02. The summed E-state index contributed by atoms with van der Waals surface area (Å²) in [6.45, 7) is 4.16. The molecule has 1 aliphatic rings. The quantitative estimate of drug-likeness (QED) is 0.848. The predicted octanol–water partition coefficient (Wildman–Crippen LogP) is 3.09. The molecule has 1 aliphatic heterocycles. The molecule has 3 rings (SSSR count). The summed E-state index contributed by atoms with van der Waals surface area (Å²) in [4.78, 5) is 26.3. The summed E-state index contributed by atoms with van der Waals surface area (Å²) in [5.41, 5.74) is -0.396. The van der Waals surface area contributed by atoms with Crippen LogP contribution in [0.5, 0.6) is 0 Å². The number of nitrogens with one attached hydrogen (secondary N) is 1. The molecule has 150 valence electrons. The van der Waals surface area contributed by atoms with Crippen LogP contribution in [0.25, 0.3) is 0 Å². The highest BCUT2D eigenvalue weighted by Gasteiger charge is 2.35. The van der Waals surface area contributed by atoms with Gasteiger partial charge in [0.25, 0.3) is 11.8 Å². The van der Waals surface area contributed by atoms with E-state index in [1.807, 2.05) is 13.8 Å². The van der Waals surface area contributed by atoms with Crippen LogP contribution in [0.15, 0.2) is 30.3 Å². The Hall–Kier alpha value is -2.84. The fourth-order valence-corrected chi connectivity index (χ4v) is 3.04. The third-order valence-electron chi connectivity index (χ3n) is 4.77. The van der Waals surface area contributed by atoms with Gasteiger partial charge < -0.3 is 10.2 Å². The normalized spacial score (nSPS) is 15.3. The zero-order chi connectivity index (χ0) is 20.5. The lowest BCUT2D eigenvalue weighted by Crippen LogP contribution is -2.40. The number of aromatic nitrogens is 2. The van der Waals surface area contributed by atoms with E-state index in [4.69, 9.17) is 0 Å². The SMILES string of the molecule is CC[C@@H](C)NC(=O)c1cc2n(n1)CCN(Cc1ccccc1C(F)(F)F)C2=O. The maximum Gasteiger partial charge on any atom is 0.416 e. The van der Waals surface area contributed by atoms with Crippen LogP contribution in [0.3, 0.4) is 0 Å². The van der Waals surface area contributed by atoms with Gasteiger partial charge in [-0.05, 0) is 25.0 Å². The Labute approximate surface area is 160 Å². The van der Waals surface area contributed by atoms with E-state index in [-0.39, 0.29) is 42.0 Å². The van der Waals surface area contributed by atoms with Gasteiger partial charge in [-0.2, -0.15) is 18.3 Å². The number of carbonyl (C=O) groups is 2. The van der Waals surface area contributed by atoms with E-state index in [1.54, 1.807) is 0 Å². The number of nitrogens with zero attached hydrogens (tertiary/aromatic N) is 3. The molecule has 6 nitrogen and oxygen atoms in total. The molecular weight excluding hydrogens is 373 g/mol. The molecule has 1 atom stereocenters. The van der Waals surface area contributed by atoms with Crippen molar-refractivity contribution < 1.29 is 22.8 Å². The summed E-state index contributed by atoms with van der Waals surface area (Å²) in [7, 11) is 0. The summed E-state index contributed by atoms with van der Waals surface area (Å²) >= 11 is 0. The molecule has 2 aromatic rings. The first-order valence-corrected chi connectivity index (χ1v) is 9.03. The van der Waals surface area contributed by atoms with Crippen LogP contribution in [0.4, 0.5) is 13.2 Å². The van der Waals surface area contributed by atoms with Gasteiger partial charge >= 0.3 is 6.18 Å². The second-order valence-corrected chi connectivity index (χ2v) is 6.80. The Kier molecular flexibility index (Phi) is 5.44. The lowest BCUT2D eigenvalue weighted by molar-refractivity contribution is -0.138. The van der Waals surface area contributed by atoms with Crippen molar-refractivity contribution in [3.63, 3.8) is 0 Å². The molecule has 0 aliphatic carbocycles. The number of rotatable bonds is 5. The Morgan fingerprint density at radius 2 is 2.00 bits per heavy atom. The number of benzene rings is 1. The molecule has 0 unspecified atom stereocenters. The first-order chi connectivity index (χ1) is 13.2. The van der Waals surface area contributed by atoms with Gasteiger partial charge in [0.15, 0.2) is 5.69 Å². The molecule has 2 heterocycles. The zero-order valence-electron chi connectivity index (χ0n) is 15.6. The highest BCUT2D eigenvalue weighted by molar-refractivity contribution is 5.98. The topological polar surface area (TPSA) is 67.2 Å². The van der Waals surface area contributed by atoms with Gasteiger partial charge in [-0.15, -0.1) is 0 Å². The number of alkyl halides is 3. The molecule has 0 saturated carbocycles. The number of hydrogen-bond acceptors (Lipinski definition) is 3. The molecule has 0 radical (unpaired) electrons. The van der Waals surface area contributed by atoms with Crippen molar-refractivity contribution >= 4 is 11.8 Å². The smallest absolute Gasteiger partial charge is 0.348 e. The summed E-state index contributed by atoms with van der Waals surface area (Å²) in [5.74, 6) is -0.823. The number of hydrogen-bond donors (Lipinski definition) is 1. The molecule has 0 bridgehead atoms. The van der Waals surface area contributed by atoms with E-state index in [2.05, 4.69) is 10.4 Å². The van der Waals surface area contributed by atoms with Gasteiger partial charge in [-0.25, -0.2) is 0 Å². The third-order valence-corrected chi connectivity index (χ3v) is 4.77. The summed E-state index contributed by atoms with van der Waals surface area (Å²) in [6.07, 6.45) is -3.73. The molecule has 1 aromatic heterocycles. The highest BCUT2D eigenvalue weighted by atomic mass is 19.4. The molecule has 1 aromatic carbocycles. The fourth-order valence-electron chi connectivity index (χ4n) is 3.04. The molecule has 0 saturated heterocycles. The Bertz CT molecular complexity index is 892. The van der Waals surface area contributed by atoms with Crippen molar-refractivity contribution in [3.8, 4) is 0 Å². The number of halogens is 3. The van der Waals surface area contributed by atoms with Crippen molar-refractivity contribution in [1.29, 1.82) is 0 Å². The average molecular weight is 394 g/mol. The predicted molar refractivity (Wildman–Crippen MR) is 95.6 cm³/mol. The molecule has 1 N–H and O–H groups in total. The van der Waals surface area contributed by atoms with Gasteiger partial charge in [0.05, 0.1) is 12.1 Å². The minimum atomic E-state index is -4.49. The van der Waals surface area contributed by atoms with Crippen LogP contribution in [-0.4, -0.2) is 39.1 Å². The molecular formula is C19H21F3N4O2. The second kappa shape index (κ2) is 7.65. The minimum absolute atomic E-state index is 0.0303. The standard InChI is InChI=1S/C19H21F3N4O2/c1-3-12(2)23-17(27)15-10-16-18(28)25(8-9-26(16)24-15)11-13-6-4-5-7-14(13)19(20,21)22/h4-7,10,12H,3,8-9,11H2,1-2H3,(H,23,27)/t12-/m1/s1. The Morgan fingerprint density at radius 3 is 2.68 bits per heavy atom. The Morgan fingerprint density at radius 1 is 1.29 bits per heavy atom. The van der Waals surface area contributed by atoms with Crippen LogP contribution < -0.4 is 5.32 Å². The molecule has 2 amide bonds. The fraction of sp³-hybridized carbons (Fsp3) is 0.421. The first kappa shape index (κ1) is 19.9. The van der Waals surface area contributed by atoms with E-state index >= 15 is 0 Å². The molecule has 28 heavy (non-hydrogen) atoms. The van der Waals surface area contributed by atoms with Crippen LogP contribution >= 0.6 is 0 Å². The first-order valence-electron chi connectivity index (χ1n) is 9.03. The van der Waals surface area contributed by atoms with Crippen molar-refractivity contribution in [3.05, 3.63) is 52.8 Å². The minimum Gasteiger partial charge on any atom is -0.348 e. The van der Waals surface area contributed by atoms with E-state index in [0.29, 0.717) is 6.54 Å². The van der Waals surface area contributed by atoms with Crippen molar-refractivity contribution in [2.75, 3.05) is 6.54 Å². The van der Waals surface area contributed by atoms with Crippen LogP contribution in [0.2, 0.25) is 0 Å². The number of amides is 2. The van der Waals surface area contributed by atoms with Crippen LogP contribution in [-0.2, 0) is 19.3 Å². The molecule has 0 spiro atoms. The lowest BCUT2D eigenvalue weighted by atomic mass is 10.1. The van der Waals surface area contributed by atoms with Gasteiger partial charge in [-0.3, -0.25) is 14.3 Å². The number of fused-ring (bicyclic) bond motifs is 1. The zero-order valence-corrected chi connectivity index (χ0v) is 15.6. The van der Waals surface area contributed by atoms with E-state index < -0.39 is 17.6 Å². The maximum absolute atomic E-state index is 13.2. The summed E-state index contributed by atoms with van der Waals surface area (Å²) in [5, 5.41) is 6.94.